The average molecular weight is 447 g/mol. The number of anilines is 2. The van der Waals surface area contributed by atoms with Crippen molar-refractivity contribution >= 4 is 17.4 Å². The molecule has 0 saturated carbocycles. The summed E-state index contributed by atoms with van der Waals surface area (Å²) in [6, 6.07) is 15.6. The number of aromatic nitrogens is 2. The SMILES string of the molecule is COc1cc(C)ccc1OCC(=O)N1CCC[C@@H](c2ccc(Nc3cccc(C)n3)cn2)C1. The highest BCUT2D eigenvalue weighted by molar-refractivity contribution is 5.78. The predicted molar refractivity (Wildman–Crippen MR) is 128 cm³/mol. The standard InChI is InChI=1S/C26H30N4O3/c1-18-9-12-23(24(14-18)32-3)33-17-26(31)30-13-5-7-20(16-30)22-11-10-21(15-27-22)29-25-8-4-6-19(2)28-25/h4,6,8-12,14-15,20H,5,7,13,16-17H2,1-3H3,(H,28,29)/t20-/m1/s1. The van der Waals surface area contributed by atoms with Gasteiger partial charge in [0, 0.05) is 30.4 Å². The van der Waals surface area contributed by atoms with Gasteiger partial charge in [-0.1, -0.05) is 12.1 Å². The predicted octanol–water partition coefficient (Wildman–Crippen LogP) is 4.63. The van der Waals surface area contributed by atoms with Gasteiger partial charge in [-0.05, 0) is 68.7 Å². The van der Waals surface area contributed by atoms with Crippen LogP contribution < -0.4 is 14.8 Å². The molecule has 1 fully saturated rings. The number of carbonyl (C=O) groups is 1. The molecule has 3 aromatic rings. The van der Waals surface area contributed by atoms with Gasteiger partial charge in [-0.25, -0.2) is 4.98 Å². The van der Waals surface area contributed by atoms with E-state index in [4.69, 9.17) is 9.47 Å². The second-order valence-electron chi connectivity index (χ2n) is 8.38. The van der Waals surface area contributed by atoms with Crippen molar-refractivity contribution in [2.75, 3.05) is 32.1 Å². The van der Waals surface area contributed by atoms with Crippen molar-refractivity contribution in [2.45, 2.75) is 32.6 Å². The van der Waals surface area contributed by atoms with Crippen molar-refractivity contribution in [2.24, 2.45) is 0 Å². The van der Waals surface area contributed by atoms with Crippen LogP contribution in [-0.2, 0) is 4.79 Å². The number of amides is 1. The molecule has 1 N–H and O–H groups in total. The van der Waals surface area contributed by atoms with E-state index >= 15 is 0 Å². The molecule has 1 aliphatic rings. The molecule has 4 rings (SSSR count). The number of methoxy groups -OCH3 is 1. The normalized spacial score (nSPS) is 15.7. The van der Waals surface area contributed by atoms with Gasteiger partial charge >= 0.3 is 0 Å². The number of piperidine rings is 1. The number of pyridine rings is 2. The van der Waals surface area contributed by atoms with Crippen LogP contribution in [0.2, 0.25) is 0 Å². The van der Waals surface area contributed by atoms with Crippen molar-refractivity contribution in [3.63, 3.8) is 0 Å². The van der Waals surface area contributed by atoms with Crippen LogP contribution in [0.5, 0.6) is 11.5 Å². The van der Waals surface area contributed by atoms with Crippen molar-refractivity contribution in [1.82, 2.24) is 14.9 Å². The highest BCUT2D eigenvalue weighted by Gasteiger charge is 2.26. The van der Waals surface area contributed by atoms with Gasteiger partial charge in [0.25, 0.3) is 5.91 Å². The van der Waals surface area contributed by atoms with E-state index in [0.717, 1.165) is 47.8 Å². The first-order valence-electron chi connectivity index (χ1n) is 11.2. The van der Waals surface area contributed by atoms with Crippen molar-refractivity contribution in [3.05, 3.63) is 71.7 Å². The minimum Gasteiger partial charge on any atom is -0.493 e. The van der Waals surface area contributed by atoms with E-state index in [-0.39, 0.29) is 18.4 Å². The first-order chi connectivity index (χ1) is 16.0. The van der Waals surface area contributed by atoms with Crippen LogP contribution in [0.4, 0.5) is 11.5 Å². The number of nitrogens with zero attached hydrogens (tertiary/aromatic N) is 3. The summed E-state index contributed by atoms with van der Waals surface area (Å²) in [4.78, 5) is 23.8. The van der Waals surface area contributed by atoms with Crippen molar-refractivity contribution in [3.8, 4) is 11.5 Å². The second-order valence-corrected chi connectivity index (χ2v) is 8.38. The molecule has 1 aromatic carbocycles. The van der Waals surface area contributed by atoms with E-state index in [1.165, 1.54) is 0 Å². The maximum atomic E-state index is 12.8. The van der Waals surface area contributed by atoms with Crippen LogP contribution in [0.15, 0.2) is 54.7 Å². The van der Waals surface area contributed by atoms with Gasteiger partial charge in [0.2, 0.25) is 0 Å². The molecule has 172 valence electrons. The third kappa shape index (κ3) is 5.80. The minimum atomic E-state index is -0.0221. The Labute approximate surface area is 194 Å². The minimum absolute atomic E-state index is 0.00802. The quantitative estimate of drug-likeness (QED) is 0.570. The van der Waals surface area contributed by atoms with Gasteiger partial charge < -0.3 is 19.7 Å². The van der Waals surface area contributed by atoms with E-state index < -0.39 is 0 Å². The molecule has 0 unspecified atom stereocenters. The molecule has 7 heteroatoms. The van der Waals surface area contributed by atoms with E-state index in [1.54, 1.807) is 7.11 Å². The number of aryl methyl sites for hydroxylation is 2. The zero-order chi connectivity index (χ0) is 23.2. The monoisotopic (exact) mass is 446 g/mol. The van der Waals surface area contributed by atoms with E-state index in [2.05, 4.69) is 15.3 Å². The molecule has 0 spiro atoms. The van der Waals surface area contributed by atoms with Gasteiger partial charge in [0.05, 0.1) is 19.0 Å². The summed E-state index contributed by atoms with van der Waals surface area (Å²) in [5.74, 6) is 2.20. The summed E-state index contributed by atoms with van der Waals surface area (Å²) in [5, 5.41) is 3.28. The molecular weight excluding hydrogens is 416 g/mol. The van der Waals surface area contributed by atoms with E-state index in [1.807, 2.05) is 73.5 Å². The Bertz CT molecular complexity index is 1100. The fourth-order valence-corrected chi connectivity index (χ4v) is 4.05. The van der Waals surface area contributed by atoms with E-state index in [9.17, 15) is 4.79 Å². The summed E-state index contributed by atoms with van der Waals surface area (Å²) in [5.41, 5.74) is 3.92. The number of hydrogen-bond acceptors (Lipinski definition) is 6. The Hall–Kier alpha value is -3.61. The molecule has 1 saturated heterocycles. The summed E-state index contributed by atoms with van der Waals surface area (Å²) >= 11 is 0. The lowest BCUT2D eigenvalue weighted by Gasteiger charge is -2.32. The number of benzene rings is 1. The van der Waals surface area contributed by atoms with Gasteiger partial charge in [0.1, 0.15) is 5.82 Å². The molecule has 0 aliphatic carbocycles. The topological polar surface area (TPSA) is 76.6 Å². The third-order valence-electron chi connectivity index (χ3n) is 5.81. The summed E-state index contributed by atoms with van der Waals surface area (Å²) in [7, 11) is 1.60. The highest BCUT2D eigenvalue weighted by atomic mass is 16.5. The zero-order valence-corrected chi connectivity index (χ0v) is 19.4. The number of likely N-dealkylation sites (tertiary alicyclic amines) is 1. The second kappa shape index (κ2) is 10.3. The van der Waals surface area contributed by atoms with Gasteiger partial charge in [-0.2, -0.15) is 0 Å². The number of nitrogens with one attached hydrogen (secondary N) is 1. The van der Waals surface area contributed by atoms with Crippen LogP contribution >= 0.6 is 0 Å². The summed E-state index contributed by atoms with van der Waals surface area (Å²) in [6.07, 6.45) is 3.78. The molecule has 7 nitrogen and oxygen atoms in total. The average Bonchev–Trinajstić information content (AvgIpc) is 2.83. The number of ether oxygens (including phenoxy) is 2. The van der Waals surface area contributed by atoms with Gasteiger partial charge in [0.15, 0.2) is 18.1 Å². The largest absolute Gasteiger partial charge is 0.493 e. The highest BCUT2D eigenvalue weighted by Crippen LogP contribution is 2.29. The first-order valence-corrected chi connectivity index (χ1v) is 11.2. The lowest BCUT2D eigenvalue weighted by atomic mass is 9.94. The molecule has 0 radical (unpaired) electrons. The summed E-state index contributed by atoms with van der Waals surface area (Å²) in [6.45, 7) is 5.33. The third-order valence-corrected chi connectivity index (χ3v) is 5.81. The van der Waals surface area contributed by atoms with Crippen LogP contribution in [0.1, 0.15) is 35.7 Å². The number of hydrogen-bond donors (Lipinski definition) is 1. The molecule has 1 amide bonds. The molecule has 33 heavy (non-hydrogen) atoms. The Kier molecular flexibility index (Phi) is 7.07. The Morgan fingerprint density at radius 3 is 2.79 bits per heavy atom. The van der Waals surface area contributed by atoms with Gasteiger partial charge in [-0.3, -0.25) is 9.78 Å². The van der Waals surface area contributed by atoms with Crippen LogP contribution in [-0.4, -0.2) is 47.6 Å². The summed E-state index contributed by atoms with van der Waals surface area (Å²) < 4.78 is 11.1. The lowest BCUT2D eigenvalue weighted by Crippen LogP contribution is -2.41. The maximum absolute atomic E-state index is 12.8. The molecule has 3 heterocycles. The number of rotatable bonds is 7. The van der Waals surface area contributed by atoms with Crippen LogP contribution in [0, 0.1) is 13.8 Å². The number of carbonyl (C=O) groups excluding carboxylic acids is 1. The van der Waals surface area contributed by atoms with Crippen molar-refractivity contribution in [1.29, 1.82) is 0 Å². The van der Waals surface area contributed by atoms with Crippen molar-refractivity contribution < 1.29 is 14.3 Å². The zero-order valence-electron chi connectivity index (χ0n) is 19.4. The molecular formula is C26H30N4O3. The molecule has 1 atom stereocenters. The fraction of sp³-hybridized carbons (Fsp3) is 0.346. The molecule has 0 bridgehead atoms. The Morgan fingerprint density at radius 2 is 2.03 bits per heavy atom. The van der Waals surface area contributed by atoms with Crippen LogP contribution in [0.25, 0.3) is 0 Å². The Morgan fingerprint density at radius 1 is 1.15 bits per heavy atom. The molecule has 1 aliphatic heterocycles. The Balaban J connectivity index is 1.34. The smallest absolute Gasteiger partial charge is 0.260 e. The van der Waals surface area contributed by atoms with Crippen LogP contribution in [0.3, 0.4) is 0 Å². The maximum Gasteiger partial charge on any atom is 0.260 e. The molecule has 2 aromatic heterocycles. The first kappa shape index (κ1) is 22.6. The van der Waals surface area contributed by atoms with E-state index in [0.29, 0.717) is 18.0 Å². The fourth-order valence-electron chi connectivity index (χ4n) is 4.05. The van der Waals surface area contributed by atoms with Gasteiger partial charge in [-0.15, -0.1) is 0 Å². The lowest BCUT2D eigenvalue weighted by molar-refractivity contribution is -0.134.